The molecule has 0 radical (unpaired) electrons. The molecule has 0 bridgehead atoms. The average molecular weight is 244 g/mol. The SMILES string of the molecule is CCN(CCN)c1ccc(S(N)(=O)=O)cn1. The molecular weight excluding hydrogens is 228 g/mol. The van der Waals surface area contributed by atoms with Crippen LogP contribution in [0.2, 0.25) is 0 Å². The summed E-state index contributed by atoms with van der Waals surface area (Å²) < 4.78 is 22.0. The first-order valence-electron chi connectivity index (χ1n) is 4.93. The zero-order valence-electron chi connectivity index (χ0n) is 9.13. The lowest BCUT2D eigenvalue weighted by Gasteiger charge is -2.20. The average Bonchev–Trinajstić information content (AvgIpc) is 2.25. The highest BCUT2D eigenvalue weighted by Gasteiger charge is 2.10. The highest BCUT2D eigenvalue weighted by atomic mass is 32.2. The molecule has 1 aromatic heterocycles. The Balaban J connectivity index is 2.93. The molecular formula is C9H16N4O2S. The van der Waals surface area contributed by atoms with Gasteiger partial charge in [0, 0.05) is 25.8 Å². The molecule has 0 saturated heterocycles. The van der Waals surface area contributed by atoms with Gasteiger partial charge in [-0.2, -0.15) is 0 Å². The first-order valence-corrected chi connectivity index (χ1v) is 6.47. The normalized spacial score (nSPS) is 11.4. The molecule has 1 heterocycles. The number of pyridine rings is 1. The molecule has 7 heteroatoms. The molecule has 6 nitrogen and oxygen atoms in total. The summed E-state index contributed by atoms with van der Waals surface area (Å²) in [7, 11) is -3.67. The zero-order valence-corrected chi connectivity index (χ0v) is 9.94. The number of sulfonamides is 1. The molecule has 0 saturated carbocycles. The largest absolute Gasteiger partial charge is 0.356 e. The molecule has 1 aromatic rings. The predicted octanol–water partition coefficient (Wildman–Crippen LogP) is -0.486. The van der Waals surface area contributed by atoms with Crippen molar-refractivity contribution in [2.45, 2.75) is 11.8 Å². The molecule has 0 aliphatic rings. The molecule has 16 heavy (non-hydrogen) atoms. The van der Waals surface area contributed by atoms with Crippen LogP contribution in [-0.4, -0.2) is 33.0 Å². The number of hydrogen-bond donors (Lipinski definition) is 2. The molecule has 0 aliphatic carbocycles. The standard InChI is InChI=1S/C9H16N4O2S/c1-2-13(6-5-10)9-4-3-8(7-12-9)16(11,14)15/h3-4,7H,2,5-6,10H2,1H3,(H2,11,14,15). The summed E-state index contributed by atoms with van der Waals surface area (Å²) in [6.45, 7) is 3.94. The minimum atomic E-state index is -3.67. The highest BCUT2D eigenvalue weighted by Crippen LogP contribution is 2.12. The van der Waals surface area contributed by atoms with Crippen LogP contribution in [0.3, 0.4) is 0 Å². The fourth-order valence-electron chi connectivity index (χ4n) is 1.32. The van der Waals surface area contributed by atoms with E-state index < -0.39 is 10.0 Å². The Morgan fingerprint density at radius 2 is 2.12 bits per heavy atom. The summed E-state index contributed by atoms with van der Waals surface area (Å²) in [5, 5.41) is 4.97. The van der Waals surface area contributed by atoms with Crippen LogP contribution < -0.4 is 15.8 Å². The predicted molar refractivity (Wildman–Crippen MR) is 62.6 cm³/mol. The number of nitrogens with two attached hydrogens (primary N) is 2. The van der Waals surface area contributed by atoms with Crippen molar-refractivity contribution < 1.29 is 8.42 Å². The van der Waals surface area contributed by atoms with Crippen LogP contribution in [0.4, 0.5) is 5.82 Å². The lowest BCUT2D eigenvalue weighted by atomic mass is 10.4. The van der Waals surface area contributed by atoms with E-state index in [4.69, 9.17) is 10.9 Å². The van der Waals surface area contributed by atoms with E-state index >= 15 is 0 Å². The third-order valence-electron chi connectivity index (χ3n) is 2.15. The van der Waals surface area contributed by atoms with Gasteiger partial charge in [0.05, 0.1) is 0 Å². The van der Waals surface area contributed by atoms with Gasteiger partial charge < -0.3 is 10.6 Å². The van der Waals surface area contributed by atoms with E-state index in [2.05, 4.69) is 4.98 Å². The van der Waals surface area contributed by atoms with Gasteiger partial charge in [-0.25, -0.2) is 18.5 Å². The van der Waals surface area contributed by atoms with E-state index in [9.17, 15) is 8.42 Å². The topological polar surface area (TPSA) is 102 Å². The Kier molecular flexibility index (Phi) is 4.22. The third kappa shape index (κ3) is 3.16. The van der Waals surface area contributed by atoms with E-state index in [1.54, 1.807) is 6.07 Å². The molecule has 0 aliphatic heterocycles. The second-order valence-corrected chi connectivity index (χ2v) is 4.83. The monoisotopic (exact) mass is 244 g/mol. The van der Waals surface area contributed by atoms with Crippen molar-refractivity contribution in [1.82, 2.24) is 4.98 Å². The summed E-state index contributed by atoms with van der Waals surface area (Å²) in [5.41, 5.74) is 5.46. The van der Waals surface area contributed by atoms with Crippen LogP contribution in [0.1, 0.15) is 6.92 Å². The second kappa shape index (κ2) is 5.24. The minimum absolute atomic E-state index is 0.0139. The quantitative estimate of drug-likeness (QED) is 0.728. The Hall–Kier alpha value is -1.18. The first kappa shape index (κ1) is 12.9. The van der Waals surface area contributed by atoms with Crippen LogP contribution >= 0.6 is 0 Å². The fraction of sp³-hybridized carbons (Fsp3) is 0.444. The number of hydrogen-bond acceptors (Lipinski definition) is 5. The highest BCUT2D eigenvalue weighted by molar-refractivity contribution is 7.89. The minimum Gasteiger partial charge on any atom is -0.356 e. The van der Waals surface area contributed by atoms with E-state index in [0.717, 1.165) is 6.54 Å². The van der Waals surface area contributed by atoms with Crippen molar-refractivity contribution in [1.29, 1.82) is 0 Å². The molecule has 0 unspecified atom stereocenters. The Bertz CT molecular complexity index is 429. The first-order chi connectivity index (χ1) is 7.49. The zero-order chi connectivity index (χ0) is 12.2. The summed E-state index contributed by atoms with van der Waals surface area (Å²) >= 11 is 0. The van der Waals surface area contributed by atoms with Crippen LogP contribution in [-0.2, 0) is 10.0 Å². The van der Waals surface area contributed by atoms with Crippen LogP contribution in [0.15, 0.2) is 23.2 Å². The van der Waals surface area contributed by atoms with Gasteiger partial charge in [0.2, 0.25) is 10.0 Å². The maximum absolute atomic E-state index is 11.0. The summed E-state index contributed by atoms with van der Waals surface area (Å²) in [5.74, 6) is 0.695. The Morgan fingerprint density at radius 3 is 2.50 bits per heavy atom. The number of aromatic nitrogens is 1. The van der Waals surface area contributed by atoms with Gasteiger partial charge in [-0.05, 0) is 19.1 Å². The van der Waals surface area contributed by atoms with Crippen molar-refractivity contribution in [3.63, 3.8) is 0 Å². The Labute approximate surface area is 95.3 Å². The molecule has 1 rings (SSSR count). The number of rotatable bonds is 5. The van der Waals surface area contributed by atoms with Crippen molar-refractivity contribution in [3.8, 4) is 0 Å². The van der Waals surface area contributed by atoms with Gasteiger partial charge in [0.15, 0.2) is 0 Å². The van der Waals surface area contributed by atoms with Gasteiger partial charge >= 0.3 is 0 Å². The van der Waals surface area contributed by atoms with Crippen molar-refractivity contribution >= 4 is 15.8 Å². The number of anilines is 1. The smallest absolute Gasteiger partial charge is 0.239 e. The van der Waals surface area contributed by atoms with Gasteiger partial charge in [0.25, 0.3) is 0 Å². The third-order valence-corrected chi connectivity index (χ3v) is 3.05. The second-order valence-electron chi connectivity index (χ2n) is 3.27. The maximum atomic E-state index is 11.0. The number of primary sulfonamides is 1. The lowest BCUT2D eigenvalue weighted by molar-refractivity contribution is 0.597. The number of likely N-dealkylation sites (N-methyl/N-ethyl adjacent to an activating group) is 1. The number of nitrogens with zero attached hydrogens (tertiary/aromatic N) is 2. The van der Waals surface area contributed by atoms with Crippen molar-refractivity contribution in [3.05, 3.63) is 18.3 Å². The van der Waals surface area contributed by atoms with Gasteiger partial charge in [0.1, 0.15) is 10.7 Å². The fourth-order valence-corrected chi connectivity index (χ4v) is 1.78. The molecule has 0 atom stereocenters. The van der Waals surface area contributed by atoms with Crippen LogP contribution in [0.5, 0.6) is 0 Å². The Morgan fingerprint density at radius 1 is 1.44 bits per heavy atom. The molecule has 4 N–H and O–H groups in total. The summed E-state index contributed by atoms with van der Waals surface area (Å²) in [6, 6.07) is 3.07. The molecule has 0 amide bonds. The lowest BCUT2D eigenvalue weighted by Crippen LogP contribution is -2.29. The van der Waals surface area contributed by atoms with Gasteiger partial charge in [-0.3, -0.25) is 0 Å². The molecule has 0 spiro atoms. The summed E-state index contributed by atoms with van der Waals surface area (Å²) in [6.07, 6.45) is 1.25. The van der Waals surface area contributed by atoms with Crippen molar-refractivity contribution in [2.75, 3.05) is 24.5 Å². The molecule has 90 valence electrons. The van der Waals surface area contributed by atoms with E-state index in [1.165, 1.54) is 12.3 Å². The molecule has 0 fully saturated rings. The maximum Gasteiger partial charge on any atom is 0.239 e. The van der Waals surface area contributed by atoms with E-state index in [-0.39, 0.29) is 4.90 Å². The molecule has 0 aromatic carbocycles. The van der Waals surface area contributed by atoms with Gasteiger partial charge in [-0.1, -0.05) is 0 Å². The summed E-state index contributed by atoms with van der Waals surface area (Å²) in [4.78, 5) is 6.01. The van der Waals surface area contributed by atoms with Crippen molar-refractivity contribution in [2.24, 2.45) is 10.9 Å². The van der Waals surface area contributed by atoms with E-state index in [0.29, 0.717) is 18.9 Å². The van der Waals surface area contributed by atoms with Crippen LogP contribution in [0, 0.1) is 0 Å². The van der Waals surface area contributed by atoms with Crippen LogP contribution in [0.25, 0.3) is 0 Å². The van der Waals surface area contributed by atoms with Gasteiger partial charge in [-0.15, -0.1) is 0 Å². The van der Waals surface area contributed by atoms with E-state index in [1.807, 2.05) is 11.8 Å².